The van der Waals surface area contributed by atoms with E-state index in [1.165, 1.54) is 6.08 Å². The van der Waals surface area contributed by atoms with Crippen LogP contribution in [0, 0.1) is 5.92 Å². The van der Waals surface area contributed by atoms with Crippen molar-refractivity contribution in [2.24, 2.45) is 5.92 Å². The van der Waals surface area contributed by atoms with E-state index in [1.807, 2.05) is 6.08 Å². The molecule has 1 aliphatic rings. The van der Waals surface area contributed by atoms with Crippen molar-refractivity contribution in [3.63, 3.8) is 0 Å². The van der Waals surface area contributed by atoms with Crippen molar-refractivity contribution in [1.29, 1.82) is 0 Å². The molecule has 0 aromatic carbocycles. The van der Waals surface area contributed by atoms with E-state index in [0.717, 1.165) is 19.3 Å². The van der Waals surface area contributed by atoms with Crippen LogP contribution in [0.4, 0.5) is 0 Å². The molecule has 0 spiro atoms. The molecule has 1 aliphatic heterocycles. The maximum atomic E-state index is 10.8. The fourth-order valence-electron chi connectivity index (χ4n) is 1.33. The van der Waals surface area contributed by atoms with Gasteiger partial charge in [-0.15, -0.1) is 0 Å². The topological polar surface area (TPSA) is 26.3 Å². The Labute approximate surface area is 73.6 Å². The molecule has 0 aromatic heterocycles. The number of rotatable bonds is 3. The third kappa shape index (κ3) is 2.68. The summed E-state index contributed by atoms with van der Waals surface area (Å²) < 4.78 is 5.13. The van der Waals surface area contributed by atoms with Gasteiger partial charge in [-0.1, -0.05) is 26.3 Å². The third-order valence-corrected chi connectivity index (χ3v) is 2.30. The minimum Gasteiger partial charge on any atom is -0.459 e. The van der Waals surface area contributed by atoms with Gasteiger partial charge in [0.05, 0.1) is 0 Å². The molecule has 0 aliphatic carbocycles. The number of carbonyl (C=O) groups excluding carboxylic acids is 1. The maximum Gasteiger partial charge on any atom is 0.330 e. The lowest BCUT2D eigenvalue weighted by Crippen LogP contribution is -2.21. The second-order valence-electron chi connectivity index (χ2n) is 3.45. The number of ether oxygens (including phenoxy) is 1. The Balaban J connectivity index is 2.34. The summed E-state index contributed by atoms with van der Waals surface area (Å²) in [5, 5.41) is 0. The van der Waals surface area contributed by atoms with Gasteiger partial charge in [-0.25, -0.2) is 4.79 Å². The number of hydrogen-bond donors (Lipinski definition) is 0. The van der Waals surface area contributed by atoms with Crippen LogP contribution in [0.15, 0.2) is 12.2 Å². The molecule has 0 bridgehead atoms. The monoisotopic (exact) mass is 168 g/mol. The average molecular weight is 168 g/mol. The third-order valence-electron chi connectivity index (χ3n) is 2.30. The summed E-state index contributed by atoms with van der Waals surface area (Å²) in [7, 11) is 0. The van der Waals surface area contributed by atoms with Crippen LogP contribution in [0.3, 0.4) is 0 Å². The minimum absolute atomic E-state index is 0.123. The fraction of sp³-hybridized carbons (Fsp3) is 0.700. The molecule has 0 saturated heterocycles. The van der Waals surface area contributed by atoms with Crippen molar-refractivity contribution in [1.82, 2.24) is 0 Å². The van der Waals surface area contributed by atoms with Gasteiger partial charge in [0, 0.05) is 12.5 Å². The summed E-state index contributed by atoms with van der Waals surface area (Å²) in [6.45, 7) is 4.34. The molecule has 2 nitrogen and oxygen atoms in total. The highest BCUT2D eigenvalue weighted by Crippen LogP contribution is 2.18. The minimum atomic E-state index is -0.186. The first-order valence-electron chi connectivity index (χ1n) is 4.59. The summed E-state index contributed by atoms with van der Waals surface area (Å²) in [4.78, 5) is 10.8. The first-order chi connectivity index (χ1) is 5.72. The van der Waals surface area contributed by atoms with Gasteiger partial charge in [-0.3, -0.25) is 0 Å². The van der Waals surface area contributed by atoms with Crippen molar-refractivity contribution in [3.8, 4) is 0 Å². The zero-order valence-corrected chi connectivity index (χ0v) is 7.75. The van der Waals surface area contributed by atoms with Crippen LogP contribution >= 0.6 is 0 Å². The van der Waals surface area contributed by atoms with Crippen LogP contribution in [0.25, 0.3) is 0 Å². The largest absolute Gasteiger partial charge is 0.459 e. The van der Waals surface area contributed by atoms with Gasteiger partial charge in [-0.05, 0) is 12.3 Å². The molecule has 68 valence electrons. The van der Waals surface area contributed by atoms with E-state index in [-0.39, 0.29) is 12.1 Å². The van der Waals surface area contributed by atoms with Crippen molar-refractivity contribution in [2.45, 2.75) is 39.2 Å². The molecule has 0 unspecified atom stereocenters. The van der Waals surface area contributed by atoms with Crippen molar-refractivity contribution < 1.29 is 9.53 Å². The van der Waals surface area contributed by atoms with Crippen LogP contribution in [0.1, 0.15) is 33.1 Å². The van der Waals surface area contributed by atoms with Crippen molar-refractivity contribution in [2.75, 3.05) is 0 Å². The fourth-order valence-corrected chi connectivity index (χ4v) is 1.33. The second-order valence-corrected chi connectivity index (χ2v) is 3.45. The maximum absolute atomic E-state index is 10.8. The predicted octanol–water partition coefficient (Wildman–Crippen LogP) is 2.29. The standard InChI is InChI=1S/C10H16O2/c1-3-8(2)7-9-5-4-6-10(11)12-9/h4,6,8-9H,3,5,7H2,1-2H3/t8-,9+/m1/s1. The number of hydrogen-bond acceptors (Lipinski definition) is 2. The van der Waals surface area contributed by atoms with Crippen molar-refractivity contribution >= 4 is 5.97 Å². The van der Waals surface area contributed by atoms with E-state index in [1.54, 1.807) is 0 Å². The Kier molecular flexibility index (Phi) is 3.32. The Hall–Kier alpha value is -0.790. The van der Waals surface area contributed by atoms with E-state index >= 15 is 0 Å². The van der Waals surface area contributed by atoms with Gasteiger partial charge >= 0.3 is 5.97 Å². The van der Waals surface area contributed by atoms with Gasteiger partial charge < -0.3 is 4.74 Å². The summed E-state index contributed by atoms with van der Waals surface area (Å²) in [5.74, 6) is 0.462. The van der Waals surface area contributed by atoms with Crippen LogP contribution in [0.5, 0.6) is 0 Å². The molecule has 1 rings (SSSR count). The van der Waals surface area contributed by atoms with Gasteiger partial charge in [0.1, 0.15) is 6.10 Å². The Morgan fingerprint density at radius 1 is 1.75 bits per heavy atom. The average Bonchev–Trinajstić information content (AvgIpc) is 2.04. The van der Waals surface area contributed by atoms with Gasteiger partial charge in [-0.2, -0.15) is 0 Å². The smallest absolute Gasteiger partial charge is 0.330 e. The zero-order chi connectivity index (χ0) is 8.97. The van der Waals surface area contributed by atoms with Gasteiger partial charge in [0.2, 0.25) is 0 Å². The van der Waals surface area contributed by atoms with Gasteiger partial charge in [0.25, 0.3) is 0 Å². The molecule has 0 aromatic rings. The molecular formula is C10H16O2. The van der Waals surface area contributed by atoms with E-state index in [4.69, 9.17) is 4.74 Å². The Morgan fingerprint density at radius 2 is 2.50 bits per heavy atom. The first kappa shape index (κ1) is 9.30. The summed E-state index contributed by atoms with van der Waals surface area (Å²) >= 11 is 0. The van der Waals surface area contributed by atoms with E-state index in [0.29, 0.717) is 5.92 Å². The number of carbonyl (C=O) groups is 1. The SMILES string of the molecule is CC[C@@H](C)C[C@@H]1CC=CC(=O)O1. The molecule has 0 fully saturated rings. The number of cyclic esters (lactones) is 1. The Morgan fingerprint density at radius 3 is 3.08 bits per heavy atom. The second kappa shape index (κ2) is 4.29. The highest BCUT2D eigenvalue weighted by molar-refractivity contribution is 5.82. The zero-order valence-electron chi connectivity index (χ0n) is 7.75. The molecule has 0 N–H and O–H groups in total. The van der Waals surface area contributed by atoms with Crippen LogP contribution < -0.4 is 0 Å². The predicted molar refractivity (Wildman–Crippen MR) is 47.7 cm³/mol. The van der Waals surface area contributed by atoms with Crippen molar-refractivity contribution in [3.05, 3.63) is 12.2 Å². The van der Waals surface area contributed by atoms with E-state index in [9.17, 15) is 4.79 Å². The molecule has 2 atom stereocenters. The molecular weight excluding hydrogens is 152 g/mol. The first-order valence-corrected chi connectivity index (χ1v) is 4.59. The lowest BCUT2D eigenvalue weighted by atomic mass is 9.98. The van der Waals surface area contributed by atoms with E-state index in [2.05, 4.69) is 13.8 Å². The molecule has 0 amide bonds. The number of esters is 1. The van der Waals surface area contributed by atoms with E-state index < -0.39 is 0 Å². The van der Waals surface area contributed by atoms with Crippen LogP contribution in [-0.2, 0) is 9.53 Å². The summed E-state index contributed by atoms with van der Waals surface area (Å²) in [5.41, 5.74) is 0. The lowest BCUT2D eigenvalue weighted by Gasteiger charge is -2.21. The highest BCUT2D eigenvalue weighted by atomic mass is 16.5. The molecule has 0 saturated carbocycles. The lowest BCUT2D eigenvalue weighted by molar-refractivity contribution is -0.144. The summed E-state index contributed by atoms with van der Waals surface area (Å²) in [6.07, 6.45) is 6.56. The molecule has 1 heterocycles. The summed E-state index contributed by atoms with van der Waals surface area (Å²) in [6, 6.07) is 0. The molecule has 2 heteroatoms. The normalized spacial score (nSPS) is 25.2. The van der Waals surface area contributed by atoms with Crippen LogP contribution in [-0.4, -0.2) is 12.1 Å². The quantitative estimate of drug-likeness (QED) is 0.604. The Bertz CT molecular complexity index is 184. The molecule has 12 heavy (non-hydrogen) atoms. The molecule has 0 radical (unpaired) electrons. The highest BCUT2D eigenvalue weighted by Gasteiger charge is 2.17. The van der Waals surface area contributed by atoms with Gasteiger partial charge in [0.15, 0.2) is 0 Å². The van der Waals surface area contributed by atoms with Crippen LogP contribution in [0.2, 0.25) is 0 Å².